The summed E-state index contributed by atoms with van der Waals surface area (Å²) < 4.78 is 6.09. The third-order valence-electron chi connectivity index (χ3n) is 2.15. The van der Waals surface area contributed by atoms with Crippen LogP contribution >= 0.6 is 15.9 Å². The average Bonchev–Trinajstić information content (AvgIpc) is 2.19. The van der Waals surface area contributed by atoms with E-state index >= 15 is 0 Å². The Morgan fingerprint density at radius 2 is 2.20 bits per heavy atom. The number of aliphatic carboxylic acids is 1. The first-order valence-electron chi connectivity index (χ1n) is 4.59. The Kier molecular flexibility index (Phi) is 4.15. The highest BCUT2D eigenvalue weighted by Gasteiger charge is 2.08. The van der Waals surface area contributed by atoms with Crippen LogP contribution in [0.2, 0.25) is 0 Å². The lowest BCUT2D eigenvalue weighted by atomic mass is 10.1. The molecular weight excluding hydrogens is 260 g/mol. The number of ether oxygens (including phenoxy) is 1. The maximum Gasteiger partial charge on any atom is 0.303 e. The summed E-state index contributed by atoms with van der Waals surface area (Å²) in [6.07, 6.45) is 0.638. The van der Waals surface area contributed by atoms with Gasteiger partial charge in [0.05, 0.1) is 7.11 Å². The number of aryl methyl sites for hydroxylation is 2. The molecule has 15 heavy (non-hydrogen) atoms. The molecule has 4 heteroatoms. The van der Waals surface area contributed by atoms with Gasteiger partial charge in [-0.1, -0.05) is 15.9 Å². The van der Waals surface area contributed by atoms with E-state index in [0.717, 1.165) is 21.3 Å². The van der Waals surface area contributed by atoms with Gasteiger partial charge >= 0.3 is 5.97 Å². The van der Waals surface area contributed by atoms with Crippen LogP contribution in [0.1, 0.15) is 17.5 Å². The Morgan fingerprint density at radius 1 is 1.53 bits per heavy atom. The lowest BCUT2D eigenvalue weighted by Crippen LogP contribution is -1.99. The van der Waals surface area contributed by atoms with E-state index in [1.807, 2.05) is 19.1 Å². The van der Waals surface area contributed by atoms with E-state index in [9.17, 15) is 4.79 Å². The molecular formula is C11H13BrO3. The van der Waals surface area contributed by atoms with Crippen molar-refractivity contribution in [1.82, 2.24) is 0 Å². The molecule has 1 aromatic carbocycles. The average molecular weight is 273 g/mol. The van der Waals surface area contributed by atoms with E-state index in [4.69, 9.17) is 9.84 Å². The quantitative estimate of drug-likeness (QED) is 0.917. The summed E-state index contributed by atoms with van der Waals surface area (Å²) >= 11 is 3.45. The molecule has 0 amide bonds. The van der Waals surface area contributed by atoms with Gasteiger partial charge in [0.2, 0.25) is 0 Å². The topological polar surface area (TPSA) is 46.5 Å². The Labute approximate surface area is 97.2 Å². The van der Waals surface area contributed by atoms with Crippen molar-refractivity contribution in [2.45, 2.75) is 19.8 Å². The summed E-state index contributed by atoms with van der Waals surface area (Å²) in [5.41, 5.74) is 2.02. The maximum absolute atomic E-state index is 10.5. The molecule has 0 aliphatic carbocycles. The standard InChI is InChI=1S/C11H13BrO3/c1-7-5-9(15-2)6-8(11(7)12)3-4-10(13)14/h5-6H,3-4H2,1-2H3,(H,13,14). The third-order valence-corrected chi connectivity index (χ3v) is 3.28. The highest BCUT2D eigenvalue weighted by atomic mass is 79.9. The molecule has 0 unspecified atom stereocenters. The lowest BCUT2D eigenvalue weighted by Gasteiger charge is -2.09. The van der Waals surface area contributed by atoms with Crippen LogP contribution in [0.3, 0.4) is 0 Å². The Hall–Kier alpha value is -1.03. The molecule has 0 bridgehead atoms. The first-order valence-corrected chi connectivity index (χ1v) is 5.38. The molecule has 82 valence electrons. The van der Waals surface area contributed by atoms with Gasteiger partial charge in [-0.3, -0.25) is 4.79 Å². The van der Waals surface area contributed by atoms with Crippen molar-refractivity contribution < 1.29 is 14.6 Å². The van der Waals surface area contributed by atoms with Crippen LogP contribution in [0.4, 0.5) is 0 Å². The number of carboxylic acids is 1. The van der Waals surface area contributed by atoms with Crippen LogP contribution in [-0.2, 0) is 11.2 Å². The van der Waals surface area contributed by atoms with E-state index in [-0.39, 0.29) is 6.42 Å². The predicted molar refractivity (Wildman–Crippen MR) is 61.4 cm³/mol. The number of rotatable bonds is 4. The van der Waals surface area contributed by atoms with E-state index < -0.39 is 5.97 Å². The zero-order valence-electron chi connectivity index (χ0n) is 8.71. The van der Waals surface area contributed by atoms with E-state index in [1.165, 1.54) is 0 Å². The van der Waals surface area contributed by atoms with Crippen molar-refractivity contribution in [2.24, 2.45) is 0 Å². The number of halogens is 1. The lowest BCUT2D eigenvalue weighted by molar-refractivity contribution is -0.136. The van der Waals surface area contributed by atoms with Gasteiger partial charge in [-0.25, -0.2) is 0 Å². The van der Waals surface area contributed by atoms with Crippen molar-refractivity contribution in [1.29, 1.82) is 0 Å². The number of benzene rings is 1. The molecule has 0 spiro atoms. The van der Waals surface area contributed by atoms with Gasteiger partial charge in [-0.2, -0.15) is 0 Å². The van der Waals surface area contributed by atoms with E-state index in [0.29, 0.717) is 6.42 Å². The monoisotopic (exact) mass is 272 g/mol. The number of methoxy groups -OCH3 is 1. The molecule has 3 nitrogen and oxygen atoms in total. The van der Waals surface area contributed by atoms with Gasteiger partial charge in [-0.05, 0) is 36.6 Å². The molecule has 1 rings (SSSR count). The second kappa shape index (κ2) is 5.16. The highest BCUT2D eigenvalue weighted by Crippen LogP contribution is 2.27. The number of hydrogen-bond donors (Lipinski definition) is 1. The summed E-state index contributed by atoms with van der Waals surface area (Å²) in [4.78, 5) is 10.5. The van der Waals surface area contributed by atoms with Crippen molar-refractivity contribution in [3.63, 3.8) is 0 Å². The molecule has 0 aliphatic rings. The van der Waals surface area contributed by atoms with Gasteiger partial charge in [0.15, 0.2) is 0 Å². The van der Waals surface area contributed by atoms with Gasteiger partial charge in [0.1, 0.15) is 5.75 Å². The predicted octanol–water partition coefficient (Wildman–Crippen LogP) is 2.78. The molecule has 0 saturated carbocycles. The van der Waals surface area contributed by atoms with Crippen LogP contribution in [0.25, 0.3) is 0 Å². The van der Waals surface area contributed by atoms with Crippen LogP contribution < -0.4 is 4.74 Å². The Bertz CT molecular complexity index is 374. The van der Waals surface area contributed by atoms with E-state index in [1.54, 1.807) is 7.11 Å². The molecule has 0 aromatic heterocycles. The third kappa shape index (κ3) is 3.23. The smallest absolute Gasteiger partial charge is 0.303 e. The summed E-state index contributed by atoms with van der Waals surface area (Å²) in [5, 5.41) is 8.61. The second-order valence-electron chi connectivity index (χ2n) is 3.31. The molecule has 0 fully saturated rings. The molecule has 0 radical (unpaired) electrons. The van der Waals surface area contributed by atoms with Crippen molar-refractivity contribution in [3.05, 3.63) is 27.7 Å². The summed E-state index contributed by atoms with van der Waals surface area (Å²) in [6, 6.07) is 3.77. The normalized spacial score (nSPS) is 10.1. The Morgan fingerprint density at radius 3 is 2.73 bits per heavy atom. The molecule has 0 aliphatic heterocycles. The second-order valence-corrected chi connectivity index (χ2v) is 4.10. The van der Waals surface area contributed by atoms with Crippen LogP contribution in [-0.4, -0.2) is 18.2 Å². The van der Waals surface area contributed by atoms with Gasteiger partial charge < -0.3 is 9.84 Å². The maximum atomic E-state index is 10.5. The molecule has 0 saturated heterocycles. The zero-order chi connectivity index (χ0) is 11.4. The van der Waals surface area contributed by atoms with Gasteiger partial charge in [-0.15, -0.1) is 0 Å². The SMILES string of the molecule is COc1cc(C)c(Br)c(CCC(=O)O)c1. The first-order chi connectivity index (χ1) is 7.04. The van der Waals surface area contributed by atoms with Crippen molar-refractivity contribution in [2.75, 3.05) is 7.11 Å². The summed E-state index contributed by atoms with van der Waals surface area (Å²) in [7, 11) is 1.60. The van der Waals surface area contributed by atoms with E-state index in [2.05, 4.69) is 15.9 Å². The van der Waals surface area contributed by atoms with Crippen LogP contribution in [0.5, 0.6) is 5.75 Å². The minimum Gasteiger partial charge on any atom is -0.497 e. The number of carbonyl (C=O) groups is 1. The first kappa shape index (κ1) is 12.0. The fourth-order valence-electron chi connectivity index (χ4n) is 1.35. The van der Waals surface area contributed by atoms with Gasteiger partial charge in [0.25, 0.3) is 0 Å². The van der Waals surface area contributed by atoms with Crippen LogP contribution in [0.15, 0.2) is 16.6 Å². The minimum absolute atomic E-state index is 0.130. The number of hydrogen-bond acceptors (Lipinski definition) is 2. The molecule has 1 aromatic rings. The highest BCUT2D eigenvalue weighted by molar-refractivity contribution is 9.10. The minimum atomic E-state index is -0.789. The zero-order valence-corrected chi connectivity index (χ0v) is 10.3. The molecule has 0 atom stereocenters. The Balaban J connectivity index is 2.94. The fourth-order valence-corrected chi connectivity index (χ4v) is 1.78. The fraction of sp³-hybridized carbons (Fsp3) is 0.364. The van der Waals surface area contributed by atoms with Gasteiger partial charge in [0, 0.05) is 10.9 Å². The van der Waals surface area contributed by atoms with Crippen molar-refractivity contribution >= 4 is 21.9 Å². The molecule has 1 N–H and O–H groups in total. The summed E-state index contributed by atoms with van der Waals surface area (Å²) in [6.45, 7) is 1.96. The largest absolute Gasteiger partial charge is 0.497 e. The number of carboxylic acid groups (broad SMARTS) is 1. The van der Waals surface area contributed by atoms with Crippen molar-refractivity contribution in [3.8, 4) is 5.75 Å². The molecule has 0 heterocycles. The van der Waals surface area contributed by atoms with Crippen LogP contribution in [0, 0.1) is 6.92 Å². The summed E-state index contributed by atoms with van der Waals surface area (Å²) in [5.74, 6) is -0.0292.